The average molecular weight is 226 g/mol. The van der Waals surface area contributed by atoms with Crippen molar-refractivity contribution in [2.75, 3.05) is 33.0 Å². The molecular formula is C10H18N4O2. The first-order valence-corrected chi connectivity index (χ1v) is 5.12. The van der Waals surface area contributed by atoms with Gasteiger partial charge in [-0.3, -0.25) is 9.89 Å². The lowest BCUT2D eigenvalue weighted by atomic mass is 10.2. The van der Waals surface area contributed by atoms with Gasteiger partial charge in [-0.1, -0.05) is 0 Å². The molecule has 0 unspecified atom stereocenters. The van der Waals surface area contributed by atoms with E-state index in [1.54, 1.807) is 26.0 Å². The van der Waals surface area contributed by atoms with Gasteiger partial charge in [-0.15, -0.1) is 0 Å². The molecule has 1 heterocycles. The fourth-order valence-electron chi connectivity index (χ4n) is 1.46. The number of nitrogens with one attached hydrogen (secondary N) is 1. The highest BCUT2D eigenvalue weighted by Gasteiger charge is 2.19. The monoisotopic (exact) mass is 226 g/mol. The van der Waals surface area contributed by atoms with Crippen LogP contribution in [0.4, 0.5) is 5.82 Å². The standard InChI is InChI=1S/C10H18N4O2/c1-7-8(9(11)13-12-7)10(15)14(2)5-4-6-16-3/h4-6H2,1-3H3,(H3,11,12,13). The lowest BCUT2D eigenvalue weighted by Gasteiger charge is -2.16. The second kappa shape index (κ2) is 5.50. The van der Waals surface area contributed by atoms with Crippen molar-refractivity contribution >= 4 is 11.7 Å². The van der Waals surface area contributed by atoms with Crippen LogP contribution in [0.2, 0.25) is 0 Å². The molecule has 1 rings (SSSR count). The van der Waals surface area contributed by atoms with Gasteiger partial charge in [-0.05, 0) is 13.3 Å². The van der Waals surface area contributed by atoms with Crippen LogP contribution in [0, 0.1) is 6.92 Å². The molecule has 0 aliphatic heterocycles. The predicted molar refractivity (Wildman–Crippen MR) is 61.2 cm³/mol. The molecular weight excluding hydrogens is 208 g/mol. The Hall–Kier alpha value is -1.56. The summed E-state index contributed by atoms with van der Waals surface area (Å²) in [5.74, 6) is 0.140. The fraction of sp³-hybridized carbons (Fsp3) is 0.600. The van der Waals surface area contributed by atoms with Crippen molar-refractivity contribution in [3.8, 4) is 0 Å². The van der Waals surface area contributed by atoms with Crippen LogP contribution >= 0.6 is 0 Å². The largest absolute Gasteiger partial charge is 0.385 e. The number of anilines is 1. The van der Waals surface area contributed by atoms with Gasteiger partial charge < -0.3 is 15.4 Å². The summed E-state index contributed by atoms with van der Waals surface area (Å²) in [5, 5.41) is 6.49. The SMILES string of the molecule is COCCCN(C)C(=O)c1c(N)n[nH]c1C. The highest BCUT2D eigenvalue weighted by atomic mass is 16.5. The van der Waals surface area contributed by atoms with Crippen LogP contribution in [0.15, 0.2) is 0 Å². The molecule has 6 nitrogen and oxygen atoms in total. The summed E-state index contributed by atoms with van der Waals surface area (Å²) < 4.78 is 4.93. The Morgan fingerprint density at radius 1 is 1.62 bits per heavy atom. The number of aromatic nitrogens is 2. The van der Waals surface area contributed by atoms with Gasteiger partial charge in [0.1, 0.15) is 5.56 Å². The maximum Gasteiger partial charge on any atom is 0.259 e. The lowest BCUT2D eigenvalue weighted by Crippen LogP contribution is -2.29. The fourth-order valence-corrected chi connectivity index (χ4v) is 1.46. The van der Waals surface area contributed by atoms with E-state index in [1.165, 1.54) is 0 Å². The summed E-state index contributed by atoms with van der Waals surface area (Å²) in [6.45, 7) is 3.05. The van der Waals surface area contributed by atoms with Crippen LogP contribution in [-0.2, 0) is 4.74 Å². The number of nitrogens with two attached hydrogens (primary N) is 1. The van der Waals surface area contributed by atoms with Gasteiger partial charge >= 0.3 is 0 Å². The summed E-state index contributed by atoms with van der Waals surface area (Å²) >= 11 is 0. The molecule has 0 radical (unpaired) electrons. The van der Waals surface area contributed by atoms with E-state index in [-0.39, 0.29) is 11.7 Å². The van der Waals surface area contributed by atoms with E-state index in [9.17, 15) is 4.79 Å². The van der Waals surface area contributed by atoms with E-state index in [0.717, 1.165) is 6.42 Å². The first-order valence-electron chi connectivity index (χ1n) is 5.12. The van der Waals surface area contributed by atoms with Crippen molar-refractivity contribution in [3.05, 3.63) is 11.3 Å². The smallest absolute Gasteiger partial charge is 0.259 e. The minimum atomic E-state index is -0.111. The van der Waals surface area contributed by atoms with Gasteiger partial charge in [-0.2, -0.15) is 5.10 Å². The van der Waals surface area contributed by atoms with Gasteiger partial charge in [0.2, 0.25) is 0 Å². The molecule has 6 heteroatoms. The molecule has 1 amide bonds. The Morgan fingerprint density at radius 3 is 2.81 bits per heavy atom. The molecule has 3 N–H and O–H groups in total. The van der Waals surface area contributed by atoms with Crippen LogP contribution in [0.1, 0.15) is 22.5 Å². The van der Waals surface area contributed by atoms with Gasteiger partial charge in [0.25, 0.3) is 5.91 Å². The van der Waals surface area contributed by atoms with E-state index >= 15 is 0 Å². The quantitative estimate of drug-likeness (QED) is 0.712. The molecule has 0 aliphatic rings. The molecule has 90 valence electrons. The van der Waals surface area contributed by atoms with Gasteiger partial charge in [0.15, 0.2) is 5.82 Å². The number of aromatic amines is 1. The number of H-pyrrole nitrogens is 1. The van der Waals surface area contributed by atoms with E-state index in [0.29, 0.717) is 24.4 Å². The Bertz CT molecular complexity index is 342. The zero-order valence-electron chi connectivity index (χ0n) is 9.91. The third-order valence-electron chi connectivity index (χ3n) is 2.38. The van der Waals surface area contributed by atoms with Crippen molar-refractivity contribution in [1.82, 2.24) is 15.1 Å². The highest BCUT2D eigenvalue weighted by Crippen LogP contribution is 2.14. The lowest BCUT2D eigenvalue weighted by molar-refractivity contribution is 0.0780. The van der Waals surface area contributed by atoms with Crippen LogP contribution in [0.25, 0.3) is 0 Å². The van der Waals surface area contributed by atoms with Crippen LogP contribution in [0.5, 0.6) is 0 Å². The molecule has 1 aromatic rings. The molecule has 0 saturated heterocycles. The van der Waals surface area contributed by atoms with Crippen molar-refractivity contribution in [3.63, 3.8) is 0 Å². The maximum atomic E-state index is 12.0. The normalized spacial score (nSPS) is 10.4. The molecule has 0 fully saturated rings. The Balaban J connectivity index is 2.63. The number of carbonyl (C=O) groups excluding carboxylic acids is 1. The van der Waals surface area contributed by atoms with Crippen LogP contribution in [0.3, 0.4) is 0 Å². The van der Waals surface area contributed by atoms with Crippen molar-refractivity contribution < 1.29 is 9.53 Å². The van der Waals surface area contributed by atoms with E-state index in [1.807, 2.05) is 0 Å². The molecule has 1 aromatic heterocycles. The summed E-state index contributed by atoms with van der Waals surface area (Å²) in [4.78, 5) is 13.6. The Morgan fingerprint density at radius 2 is 2.31 bits per heavy atom. The van der Waals surface area contributed by atoms with Gasteiger partial charge in [0.05, 0.1) is 0 Å². The summed E-state index contributed by atoms with van der Waals surface area (Å²) in [7, 11) is 3.38. The van der Waals surface area contributed by atoms with E-state index in [2.05, 4.69) is 10.2 Å². The molecule has 0 saturated carbocycles. The number of nitrogen functional groups attached to an aromatic ring is 1. The third kappa shape index (κ3) is 2.73. The molecule has 0 aliphatic carbocycles. The molecule has 0 aromatic carbocycles. The first-order chi connectivity index (χ1) is 7.57. The third-order valence-corrected chi connectivity index (χ3v) is 2.38. The molecule has 16 heavy (non-hydrogen) atoms. The van der Waals surface area contributed by atoms with Crippen molar-refractivity contribution in [2.45, 2.75) is 13.3 Å². The Kier molecular flexibility index (Phi) is 4.30. The topological polar surface area (TPSA) is 84.2 Å². The van der Waals surface area contributed by atoms with Crippen molar-refractivity contribution in [1.29, 1.82) is 0 Å². The van der Waals surface area contributed by atoms with Gasteiger partial charge in [0, 0.05) is 33.0 Å². The summed E-state index contributed by atoms with van der Waals surface area (Å²) in [5.41, 5.74) is 6.77. The van der Waals surface area contributed by atoms with Gasteiger partial charge in [-0.25, -0.2) is 0 Å². The maximum absolute atomic E-state index is 12.0. The average Bonchev–Trinajstić information content (AvgIpc) is 2.58. The number of hydrogen-bond acceptors (Lipinski definition) is 4. The van der Waals surface area contributed by atoms with E-state index < -0.39 is 0 Å². The predicted octanol–water partition coefficient (Wildman–Crippen LogP) is 0.409. The number of nitrogens with zero attached hydrogens (tertiary/aromatic N) is 2. The second-order valence-corrected chi connectivity index (χ2v) is 3.68. The second-order valence-electron chi connectivity index (χ2n) is 3.68. The molecule has 0 spiro atoms. The highest BCUT2D eigenvalue weighted by molar-refractivity contribution is 5.99. The number of amides is 1. The zero-order valence-corrected chi connectivity index (χ0v) is 9.91. The number of methoxy groups -OCH3 is 1. The van der Waals surface area contributed by atoms with Crippen LogP contribution < -0.4 is 5.73 Å². The Labute approximate surface area is 94.8 Å². The van der Waals surface area contributed by atoms with Crippen LogP contribution in [-0.4, -0.2) is 48.3 Å². The molecule has 0 bridgehead atoms. The van der Waals surface area contributed by atoms with Crippen molar-refractivity contribution in [2.24, 2.45) is 0 Å². The number of aryl methyl sites for hydroxylation is 1. The number of ether oxygens (including phenoxy) is 1. The zero-order chi connectivity index (χ0) is 12.1. The summed E-state index contributed by atoms with van der Waals surface area (Å²) in [6, 6.07) is 0. The first kappa shape index (κ1) is 12.5. The summed E-state index contributed by atoms with van der Waals surface area (Å²) in [6.07, 6.45) is 0.801. The number of carbonyl (C=O) groups is 1. The minimum absolute atomic E-state index is 0.111. The van der Waals surface area contributed by atoms with E-state index in [4.69, 9.17) is 10.5 Å². The number of hydrogen-bond donors (Lipinski definition) is 2. The number of rotatable bonds is 5. The minimum Gasteiger partial charge on any atom is -0.385 e. The molecule has 0 atom stereocenters.